The standard InChI is InChI=1S/C7H11IO4S/c1-3-7(8,12-6(10)13)5(9)11-4-2/h3-4H2,1-2H3,(H,10,13). The fourth-order valence-electron chi connectivity index (χ4n) is 0.635. The normalized spacial score (nSPS) is 14.5. The van der Waals surface area contributed by atoms with E-state index in [0.717, 1.165) is 0 Å². The van der Waals surface area contributed by atoms with E-state index in [1.807, 2.05) is 0 Å². The number of esters is 1. The number of thiol groups is 1. The first-order valence-electron chi connectivity index (χ1n) is 3.74. The van der Waals surface area contributed by atoms with E-state index in [1.54, 1.807) is 36.4 Å². The Balaban J connectivity index is 4.42. The summed E-state index contributed by atoms with van der Waals surface area (Å²) in [5, 5.41) is -0.788. The molecule has 0 aromatic carbocycles. The van der Waals surface area contributed by atoms with Crippen molar-refractivity contribution < 1.29 is 19.1 Å². The maximum absolute atomic E-state index is 11.3. The molecule has 0 N–H and O–H groups in total. The van der Waals surface area contributed by atoms with Gasteiger partial charge in [0.05, 0.1) is 6.61 Å². The Labute approximate surface area is 95.9 Å². The first kappa shape index (κ1) is 13.0. The number of ether oxygens (including phenoxy) is 2. The fourth-order valence-corrected chi connectivity index (χ4v) is 1.32. The molecule has 0 radical (unpaired) electrons. The van der Waals surface area contributed by atoms with Gasteiger partial charge in [-0.15, -0.1) is 0 Å². The minimum atomic E-state index is -1.24. The van der Waals surface area contributed by atoms with Crippen molar-refractivity contribution in [3.8, 4) is 0 Å². The van der Waals surface area contributed by atoms with Gasteiger partial charge in [0.15, 0.2) is 0 Å². The summed E-state index contributed by atoms with van der Waals surface area (Å²) >= 11 is 5.17. The van der Waals surface area contributed by atoms with Crippen LogP contribution >= 0.6 is 35.2 Å². The van der Waals surface area contributed by atoms with Crippen molar-refractivity contribution in [2.45, 2.75) is 23.9 Å². The summed E-state index contributed by atoms with van der Waals surface area (Å²) < 4.78 is 8.24. The van der Waals surface area contributed by atoms with Crippen LogP contribution in [0.4, 0.5) is 4.79 Å². The second-order valence-electron chi connectivity index (χ2n) is 2.17. The maximum Gasteiger partial charge on any atom is 0.366 e. The van der Waals surface area contributed by atoms with Crippen LogP contribution in [0.15, 0.2) is 0 Å². The van der Waals surface area contributed by atoms with E-state index in [-0.39, 0.29) is 6.61 Å². The monoisotopic (exact) mass is 318 g/mol. The van der Waals surface area contributed by atoms with Crippen LogP contribution < -0.4 is 0 Å². The summed E-state index contributed by atoms with van der Waals surface area (Å²) in [6, 6.07) is 0. The summed E-state index contributed by atoms with van der Waals surface area (Å²) in [5.41, 5.74) is 0. The van der Waals surface area contributed by atoms with Crippen LogP contribution in [-0.4, -0.2) is 21.5 Å². The Morgan fingerprint density at radius 2 is 2.00 bits per heavy atom. The van der Waals surface area contributed by atoms with Gasteiger partial charge in [0.25, 0.3) is 3.61 Å². The molecule has 0 aliphatic carbocycles. The molecule has 13 heavy (non-hydrogen) atoms. The van der Waals surface area contributed by atoms with E-state index in [9.17, 15) is 9.59 Å². The Hall–Kier alpha value is 0.0200. The number of hydrogen-bond acceptors (Lipinski definition) is 4. The molecule has 0 aromatic heterocycles. The molecule has 0 bridgehead atoms. The van der Waals surface area contributed by atoms with Crippen LogP contribution in [-0.2, 0) is 14.3 Å². The smallest absolute Gasteiger partial charge is 0.366 e. The molecule has 0 saturated heterocycles. The molecule has 0 spiro atoms. The third-order valence-electron chi connectivity index (χ3n) is 1.28. The second kappa shape index (κ2) is 5.69. The van der Waals surface area contributed by atoms with Crippen LogP contribution in [0.3, 0.4) is 0 Å². The zero-order chi connectivity index (χ0) is 10.5. The SMILES string of the molecule is CCOC(=O)C(I)(CC)OC(=O)S. The van der Waals surface area contributed by atoms with Gasteiger partial charge >= 0.3 is 11.3 Å². The van der Waals surface area contributed by atoms with Crippen LogP contribution in [0.25, 0.3) is 0 Å². The molecule has 1 atom stereocenters. The van der Waals surface area contributed by atoms with Crippen molar-refractivity contribution in [1.82, 2.24) is 0 Å². The minimum absolute atomic E-state index is 0.258. The van der Waals surface area contributed by atoms with E-state index >= 15 is 0 Å². The maximum atomic E-state index is 11.3. The number of rotatable bonds is 4. The molecular weight excluding hydrogens is 307 g/mol. The van der Waals surface area contributed by atoms with Gasteiger partial charge in [-0.25, -0.2) is 9.59 Å². The van der Waals surface area contributed by atoms with Crippen molar-refractivity contribution >= 4 is 46.5 Å². The Kier molecular flexibility index (Phi) is 5.70. The van der Waals surface area contributed by atoms with Crippen molar-refractivity contribution in [1.29, 1.82) is 0 Å². The Bertz CT molecular complexity index is 209. The number of carbonyl (C=O) groups is 2. The number of alkyl halides is 1. The highest BCUT2D eigenvalue weighted by molar-refractivity contribution is 14.1. The van der Waals surface area contributed by atoms with Gasteiger partial charge in [-0.2, -0.15) is 0 Å². The Morgan fingerprint density at radius 1 is 1.46 bits per heavy atom. The lowest BCUT2D eigenvalue weighted by Crippen LogP contribution is -2.36. The summed E-state index contributed by atoms with van der Waals surface area (Å²) in [4.78, 5) is 21.8. The fraction of sp³-hybridized carbons (Fsp3) is 0.714. The van der Waals surface area contributed by atoms with Crippen LogP contribution in [0, 0.1) is 0 Å². The average molecular weight is 318 g/mol. The van der Waals surface area contributed by atoms with Crippen molar-refractivity contribution in [3.63, 3.8) is 0 Å². The van der Waals surface area contributed by atoms with Crippen LogP contribution in [0.2, 0.25) is 0 Å². The lowest BCUT2D eigenvalue weighted by Gasteiger charge is -2.22. The molecule has 4 nitrogen and oxygen atoms in total. The van der Waals surface area contributed by atoms with E-state index in [1.165, 1.54) is 0 Å². The molecule has 0 heterocycles. The number of carbonyl (C=O) groups excluding carboxylic acids is 2. The highest BCUT2D eigenvalue weighted by Crippen LogP contribution is 2.27. The highest BCUT2D eigenvalue weighted by atomic mass is 127. The summed E-state index contributed by atoms with van der Waals surface area (Å²) in [6.45, 7) is 3.67. The quantitative estimate of drug-likeness (QED) is 0.373. The molecule has 6 heteroatoms. The van der Waals surface area contributed by atoms with Gasteiger partial charge in [0, 0.05) is 6.42 Å². The highest BCUT2D eigenvalue weighted by Gasteiger charge is 2.38. The van der Waals surface area contributed by atoms with Gasteiger partial charge < -0.3 is 9.47 Å². The molecular formula is C7H11IO4S. The van der Waals surface area contributed by atoms with Gasteiger partial charge in [-0.3, -0.25) is 0 Å². The van der Waals surface area contributed by atoms with Gasteiger partial charge in [0.1, 0.15) is 0 Å². The number of hydrogen-bond donors (Lipinski definition) is 1. The summed E-state index contributed by atoms with van der Waals surface area (Å²) in [7, 11) is 0. The second-order valence-corrected chi connectivity index (χ2v) is 4.28. The van der Waals surface area contributed by atoms with Crippen LogP contribution in [0.1, 0.15) is 20.3 Å². The minimum Gasteiger partial charge on any atom is -0.462 e. The average Bonchev–Trinajstić information content (AvgIpc) is 2.03. The van der Waals surface area contributed by atoms with E-state index in [0.29, 0.717) is 6.42 Å². The number of halogens is 1. The van der Waals surface area contributed by atoms with Crippen molar-refractivity contribution in [3.05, 3.63) is 0 Å². The van der Waals surface area contributed by atoms with E-state index in [4.69, 9.17) is 9.47 Å². The molecule has 0 saturated carbocycles. The molecule has 0 rings (SSSR count). The van der Waals surface area contributed by atoms with Crippen molar-refractivity contribution in [2.24, 2.45) is 0 Å². The first-order chi connectivity index (χ1) is 5.96. The predicted octanol–water partition coefficient (Wildman–Crippen LogP) is 2.16. The molecule has 0 aromatic rings. The van der Waals surface area contributed by atoms with Gasteiger partial charge in [-0.1, -0.05) is 19.6 Å². The molecule has 76 valence electrons. The van der Waals surface area contributed by atoms with Gasteiger partial charge in [0.2, 0.25) is 0 Å². The largest absolute Gasteiger partial charge is 0.462 e. The van der Waals surface area contributed by atoms with Crippen molar-refractivity contribution in [2.75, 3.05) is 6.61 Å². The van der Waals surface area contributed by atoms with Gasteiger partial charge in [-0.05, 0) is 29.5 Å². The zero-order valence-corrected chi connectivity index (χ0v) is 10.4. The first-order valence-corrected chi connectivity index (χ1v) is 5.27. The van der Waals surface area contributed by atoms with E-state index < -0.39 is 14.9 Å². The summed E-state index contributed by atoms with van der Waals surface area (Å²) in [6.07, 6.45) is 0.346. The predicted molar refractivity (Wildman–Crippen MR) is 59.1 cm³/mol. The third kappa shape index (κ3) is 4.17. The molecule has 0 aliphatic heterocycles. The molecule has 1 unspecified atom stereocenters. The summed E-state index contributed by atoms with van der Waals surface area (Å²) in [5.74, 6) is -0.555. The van der Waals surface area contributed by atoms with Crippen LogP contribution in [0.5, 0.6) is 0 Å². The zero-order valence-electron chi connectivity index (χ0n) is 7.37. The Morgan fingerprint density at radius 3 is 2.31 bits per heavy atom. The lowest BCUT2D eigenvalue weighted by atomic mass is 10.3. The molecule has 0 fully saturated rings. The molecule has 0 aliphatic rings. The lowest BCUT2D eigenvalue weighted by molar-refractivity contribution is -0.154. The molecule has 0 amide bonds. The topological polar surface area (TPSA) is 52.6 Å². The third-order valence-corrected chi connectivity index (χ3v) is 2.80. The van der Waals surface area contributed by atoms with E-state index in [2.05, 4.69) is 12.6 Å².